The van der Waals surface area contributed by atoms with Crippen LogP contribution < -0.4 is 0 Å². The molecular formula is C21H20FN3O2. The third-order valence-corrected chi connectivity index (χ3v) is 4.95. The van der Waals surface area contributed by atoms with Crippen molar-refractivity contribution in [1.29, 1.82) is 0 Å². The quantitative estimate of drug-likeness (QED) is 0.698. The molecule has 0 bridgehead atoms. The van der Waals surface area contributed by atoms with Crippen LogP contribution in [0.5, 0.6) is 0 Å². The lowest BCUT2D eigenvalue weighted by Gasteiger charge is -2.31. The molecule has 27 heavy (non-hydrogen) atoms. The van der Waals surface area contributed by atoms with Gasteiger partial charge in [0.25, 0.3) is 5.91 Å². The summed E-state index contributed by atoms with van der Waals surface area (Å²) in [6, 6.07) is 13.9. The molecule has 1 saturated heterocycles. The minimum Gasteiger partial charge on any atom is -0.339 e. The summed E-state index contributed by atoms with van der Waals surface area (Å²) in [6.45, 7) is 2.94. The Kier molecular flexibility index (Phi) is 4.71. The molecule has 0 N–H and O–H groups in total. The van der Waals surface area contributed by atoms with Crippen molar-refractivity contribution in [3.63, 3.8) is 0 Å². The number of carbonyl (C=O) groups excluding carboxylic acids is 1. The average Bonchev–Trinajstić information content (AvgIpc) is 3.19. The first-order valence-corrected chi connectivity index (χ1v) is 9.06. The van der Waals surface area contributed by atoms with Gasteiger partial charge in [-0.15, -0.1) is 0 Å². The van der Waals surface area contributed by atoms with Gasteiger partial charge in [0, 0.05) is 24.2 Å². The fourth-order valence-corrected chi connectivity index (χ4v) is 3.51. The Balaban J connectivity index is 1.51. The van der Waals surface area contributed by atoms with Gasteiger partial charge in [0.2, 0.25) is 11.7 Å². The molecule has 1 amide bonds. The number of halogens is 1. The Labute approximate surface area is 156 Å². The maximum atomic E-state index is 13.3. The number of rotatable bonds is 3. The third-order valence-electron chi connectivity index (χ3n) is 4.95. The number of nitrogens with zero attached hydrogens (tertiary/aromatic N) is 3. The molecule has 1 aliphatic heterocycles. The molecule has 1 aromatic heterocycles. The molecule has 0 saturated carbocycles. The van der Waals surface area contributed by atoms with E-state index in [1.807, 2.05) is 30.3 Å². The molecule has 138 valence electrons. The second-order valence-electron chi connectivity index (χ2n) is 6.87. The SMILES string of the molecule is Cc1cc(F)ccc1C(=O)N1CCCC(c2nc(-c3ccccc3)no2)C1. The molecule has 2 aromatic carbocycles. The molecule has 3 aromatic rings. The van der Waals surface area contributed by atoms with E-state index >= 15 is 0 Å². The van der Waals surface area contributed by atoms with E-state index in [4.69, 9.17) is 4.52 Å². The van der Waals surface area contributed by atoms with Crippen LogP contribution in [-0.2, 0) is 0 Å². The van der Waals surface area contributed by atoms with Crippen molar-refractivity contribution < 1.29 is 13.7 Å². The van der Waals surface area contributed by atoms with Gasteiger partial charge < -0.3 is 9.42 Å². The predicted octanol–water partition coefficient (Wildman–Crippen LogP) is 4.20. The minimum absolute atomic E-state index is 0.00779. The second kappa shape index (κ2) is 7.31. The highest BCUT2D eigenvalue weighted by molar-refractivity contribution is 5.95. The number of hydrogen-bond acceptors (Lipinski definition) is 4. The summed E-state index contributed by atoms with van der Waals surface area (Å²) in [5.74, 6) is 0.707. The fraction of sp³-hybridized carbons (Fsp3) is 0.286. The Bertz CT molecular complexity index is 955. The number of benzene rings is 2. The zero-order valence-electron chi connectivity index (χ0n) is 15.1. The van der Waals surface area contributed by atoms with Gasteiger partial charge in [0.15, 0.2) is 0 Å². The van der Waals surface area contributed by atoms with E-state index in [-0.39, 0.29) is 17.6 Å². The van der Waals surface area contributed by atoms with E-state index < -0.39 is 0 Å². The normalized spacial score (nSPS) is 17.1. The van der Waals surface area contributed by atoms with E-state index in [1.165, 1.54) is 12.1 Å². The Hall–Kier alpha value is -3.02. The van der Waals surface area contributed by atoms with Gasteiger partial charge in [0.1, 0.15) is 5.82 Å². The monoisotopic (exact) mass is 365 g/mol. The molecule has 0 radical (unpaired) electrons. The number of likely N-dealkylation sites (tertiary alicyclic amines) is 1. The lowest BCUT2D eigenvalue weighted by Crippen LogP contribution is -2.39. The van der Waals surface area contributed by atoms with Crippen LogP contribution in [0.15, 0.2) is 53.1 Å². The Morgan fingerprint density at radius 1 is 1.22 bits per heavy atom. The van der Waals surface area contributed by atoms with Gasteiger partial charge >= 0.3 is 0 Å². The predicted molar refractivity (Wildman–Crippen MR) is 98.7 cm³/mol. The molecule has 2 heterocycles. The van der Waals surface area contributed by atoms with Crippen molar-refractivity contribution in [3.8, 4) is 11.4 Å². The van der Waals surface area contributed by atoms with E-state index in [9.17, 15) is 9.18 Å². The molecule has 5 nitrogen and oxygen atoms in total. The van der Waals surface area contributed by atoms with E-state index in [2.05, 4.69) is 10.1 Å². The number of aromatic nitrogens is 2. The fourth-order valence-electron chi connectivity index (χ4n) is 3.51. The second-order valence-corrected chi connectivity index (χ2v) is 6.87. The van der Waals surface area contributed by atoms with Crippen molar-refractivity contribution >= 4 is 5.91 Å². The van der Waals surface area contributed by atoms with Gasteiger partial charge in [-0.1, -0.05) is 35.5 Å². The molecule has 1 atom stereocenters. The summed E-state index contributed by atoms with van der Waals surface area (Å²) in [6.07, 6.45) is 1.75. The van der Waals surface area contributed by atoms with Crippen molar-refractivity contribution in [2.45, 2.75) is 25.7 Å². The molecule has 6 heteroatoms. The first kappa shape index (κ1) is 17.4. The van der Waals surface area contributed by atoms with Crippen LogP contribution >= 0.6 is 0 Å². The van der Waals surface area contributed by atoms with Gasteiger partial charge in [-0.2, -0.15) is 4.98 Å². The molecule has 1 aliphatic rings. The molecule has 1 unspecified atom stereocenters. The highest BCUT2D eigenvalue weighted by Crippen LogP contribution is 2.28. The highest BCUT2D eigenvalue weighted by atomic mass is 19.1. The number of carbonyl (C=O) groups is 1. The van der Waals surface area contributed by atoms with Gasteiger partial charge in [-0.05, 0) is 43.5 Å². The lowest BCUT2D eigenvalue weighted by molar-refractivity contribution is 0.0695. The van der Waals surface area contributed by atoms with Gasteiger partial charge in [-0.3, -0.25) is 4.79 Å². The van der Waals surface area contributed by atoms with Crippen LogP contribution in [0, 0.1) is 12.7 Å². The average molecular weight is 365 g/mol. The van der Waals surface area contributed by atoms with Crippen LogP contribution in [0.25, 0.3) is 11.4 Å². The van der Waals surface area contributed by atoms with Crippen LogP contribution in [0.4, 0.5) is 4.39 Å². The summed E-state index contributed by atoms with van der Waals surface area (Å²) in [7, 11) is 0. The van der Waals surface area contributed by atoms with Crippen molar-refractivity contribution in [2.24, 2.45) is 0 Å². The molecule has 0 spiro atoms. The van der Waals surface area contributed by atoms with Crippen LogP contribution in [-0.4, -0.2) is 34.0 Å². The topological polar surface area (TPSA) is 59.2 Å². The summed E-state index contributed by atoms with van der Waals surface area (Å²) < 4.78 is 18.8. The minimum atomic E-state index is -0.333. The number of aryl methyl sites for hydroxylation is 1. The zero-order chi connectivity index (χ0) is 18.8. The first-order valence-electron chi connectivity index (χ1n) is 9.06. The van der Waals surface area contributed by atoms with Crippen molar-refractivity contribution in [3.05, 3.63) is 71.4 Å². The van der Waals surface area contributed by atoms with Gasteiger partial charge in [0.05, 0.1) is 5.92 Å². The number of amides is 1. The number of hydrogen-bond donors (Lipinski definition) is 0. The zero-order valence-corrected chi connectivity index (χ0v) is 15.1. The third kappa shape index (κ3) is 3.60. The van der Waals surface area contributed by atoms with Crippen LogP contribution in [0.1, 0.15) is 40.6 Å². The summed E-state index contributed by atoms with van der Waals surface area (Å²) in [5.41, 5.74) is 2.08. The smallest absolute Gasteiger partial charge is 0.254 e. The Morgan fingerprint density at radius 2 is 2.04 bits per heavy atom. The lowest BCUT2D eigenvalue weighted by atomic mass is 9.96. The van der Waals surface area contributed by atoms with Crippen LogP contribution in [0.2, 0.25) is 0 Å². The molecule has 0 aliphatic carbocycles. The van der Waals surface area contributed by atoms with Crippen molar-refractivity contribution in [1.82, 2.24) is 15.0 Å². The maximum Gasteiger partial charge on any atom is 0.254 e. The number of piperidine rings is 1. The highest BCUT2D eigenvalue weighted by Gasteiger charge is 2.29. The summed E-state index contributed by atoms with van der Waals surface area (Å²) >= 11 is 0. The molecule has 1 fully saturated rings. The largest absolute Gasteiger partial charge is 0.339 e. The molecular weight excluding hydrogens is 345 g/mol. The maximum absolute atomic E-state index is 13.3. The van der Waals surface area contributed by atoms with E-state index in [0.717, 1.165) is 18.4 Å². The van der Waals surface area contributed by atoms with Gasteiger partial charge in [-0.25, -0.2) is 4.39 Å². The van der Waals surface area contributed by atoms with E-state index in [1.54, 1.807) is 17.9 Å². The standard InChI is InChI=1S/C21H20FN3O2/c1-14-12-17(22)9-10-18(14)21(26)25-11-5-8-16(13-25)20-23-19(24-27-20)15-6-3-2-4-7-15/h2-4,6-7,9-10,12,16H,5,8,11,13H2,1H3. The van der Waals surface area contributed by atoms with Crippen molar-refractivity contribution in [2.75, 3.05) is 13.1 Å². The Morgan fingerprint density at radius 3 is 2.81 bits per heavy atom. The first-order chi connectivity index (χ1) is 13.1. The van der Waals surface area contributed by atoms with Crippen LogP contribution in [0.3, 0.4) is 0 Å². The molecule has 4 rings (SSSR count). The summed E-state index contributed by atoms with van der Waals surface area (Å²) in [4.78, 5) is 19.2. The summed E-state index contributed by atoms with van der Waals surface area (Å²) in [5, 5.41) is 4.08. The van der Waals surface area contributed by atoms with E-state index in [0.29, 0.717) is 35.9 Å².